The SMILES string of the molecule is C/C(=N\OCC(=O)NC(C)c1cccc(Cl)c1)c1ccc2c(c1)OCO2. The number of amides is 1. The summed E-state index contributed by atoms with van der Waals surface area (Å²) in [7, 11) is 0. The van der Waals surface area contributed by atoms with Gasteiger partial charge >= 0.3 is 0 Å². The fourth-order valence-corrected chi connectivity index (χ4v) is 2.70. The third-order valence-corrected chi connectivity index (χ3v) is 4.15. The lowest BCUT2D eigenvalue weighted by Gasteiger charge is -2.14. The molecule has 1 atom stereocenters. The van der Waals surface area contributed by atoms with Crippen molar-refractivity contribution in [2.24, 2.45) is 5.16 Å². The lowest BCUT2D eigenvalue weighted by atomic mass is 10.1. The molecule has 0 aromatic heterocycles. The van der Waals surface area contributed by atoms with Crippen molar-refractivity contribution in [2.75, 3.05) is 13.4 Å². The summed E-state index contributed by atoms with van der Waals surface area (Å²) >= 11 is 5.97. The van der Waals surface area contributed by atoms with Gasteiger partial charge in [-0.05, 0) is 49.7 Å². The molecule has 0 saturated carbocycles. The van der Waals surface area contributed by atoms with Crippen LogP contribution in [0.2, 0.25) is 5.02 Å². The van der Waals surface area contributed by atoms with Crippen LogP contribution in [0.5, 0.6) is 11.5 Å². The smallest absolute Gasteiger partial charge is 0.261 e. The maximum atomic E-state index is 12.0. The van der Waals surface area contributed by atoms with Crippen molar-refractivity contribution in [3.8, 4) is 11.5 Å². The standard InChI is InChI=1S/C19H19ClN2O4/c1-12(14-4-3-5-16(20)8-14)21-19(23)10-26-22-13(2)15-6-7-17-18(9-15)25-11-24-17/h3-9,12H,10-11H2,1-2H3,(H,21,23)/b22-13+. The number of benzene rings is 2. The lowest BCUT2D eigenvalue weighted by molar-refractivity contribution is -0.126. The molecule has 7 heteroatoms. The Hall–Kier alpha value is -2.73. The van der Waals surface area contributed by atoms with Crippen LogP contribution in [0.15, 0.2) is 47.6 Å². The Morgan fingerprint density at radius 3 is 2.88 bits per heavy atom. The molecule has 0 fully saturated rings. The monoisotopic (exact) mass is 374 g/mol. The Morgan fingerprint density at radius 1 is 1.27 bits per heavy atom. The van der Waals surface area contributed by atoms with Gasteiger partial charge in [0.05, 0.1) is 11.8 Å². The molecule has 1 N–H and O–H groups in total. The number of halogens is 1. The second-order valence-electron chi connectivity index (χ2n) is 5.86. The molecule has 0 saturated heterocycles. The molecule has 1 heterocycles. The van der Waals surface area contributed by atoms with Gasteiger partial charge in [-0.3, -0.25) is 4.79 Å². The van der Waals surface area contributed by atoms with E-state index >= 15 is 0 Å². The molecule has 1 aliphatic rings. The number of nitrogens with zero attached hydrogens (tertiary/aromatic N) is 1. The molecule has 136 valence electrons. The topological polar surface area (TPSA) is 69.2 Å². The molecule has 6 nitrogen and oxygen atoms in total. The predicted molar refractivity (Wildman–Crippen MR) is 98.7 cm³/mol. The predicted octanol–water partition coefficient (Wildman–Crippen LogP) is 3.69. The lowest BCUT2D eigenvalue weighted by Crippen LogP contribution is -2.29. The van der Waals surface area contributed by atoms with Crippen LogP contribution in [-0.2, 0) is 9.63 Å². The number of oxime groups is 1. The van der Waals surface area contributed by atoms with E-state index in [1.807, 2.05) is 43.3 Å². The largest absolute Gasteiger partial charge is 0.454 e. The van der Waals surface area contributed by atoms with E-state index in [9.17, 15) is 4.79 Å². The number of hydrogen-bond donors (Lipinski definition) is 1. The number of hydrogen-bond acceptors (Lipinski definition) is 5. The summed E-state index contributed by atoms with van der Waals surface area (Å²) in [6, 6.07) is 12.7. The first-order valence-corrected chi connectivity index (χ1v) is 8.52. The fraction of sp³-hybridized carbons (Fsp3) is 0.263. The van der Waals surface area contributed by atoms with Crippen LogP contribution in [0.1, 0.15) is 31.0 Å². The minimum atomic E-state index is -0.264. The zero-order chi connectivity index (χ0) is 18.5. The summed E-state index contributed by atoms with van der Waals surface area (Å²) in [4.78, 5) is 17.2. The van der Waals surface area contributed by atoms with Gasteiger partial charge in [0.15, 0.2) is 18.1 Å². The zero-order valence-electron chi connectivity index (χ0n) is 14.5. The van der Waals surface area contributed by atoms with Gasteiger partial charge in [0, 0.05) is 10.6 Å². The maximum Gasteiger partial charge on any atom is 0.261 e. The minimum absolute atomic E-state index is 0.174. The Bertz CT molecular complexity index is 838. The van der Waals surface area contributed by atoms with E-state index in [1.165, 1.54) is 0 Å². The molecule has 0 bridgehead atoms. The Kier molecular flexibility index (Phi) is 5.63. The average molecular weight is 375 g/mol. The maximum absolute atomic E-state index is 12.0. The molecule has 2 aromatic rings. The van der Waals surface area contributed by atoms with E-state index in [2.05, 4.69) is 10.5 Å². The molecule has 1 aliphatic heterocycles. The van der Waals surface area contributed by atoms with E-state index in [0.717, 1.165) is 11.1 Å². The average Bonchev–Trinajstić information content (AvgIpc) is 3.09. The summed E-state index contributed by atoms with van der Waals surface area (Å²) in [6.45, 7) is 3.72. The summed E-state index contributed by atoms with van der Waals surface area (Å²) < 4.78 is 10.6. The number of nitrogens with one attached hydrogen (secondary N) is 1. The number of carbonyl (C=O) groups is 1. The van der Waals surface area contributed by atoms with Crippen molar-refractivity contribution in [2.45, 2.75) is 19.9 Å². The van der Waals surface area contributed by atoms with Gasteiger partial charge in [-0.25, -0.2) is 0 Å². The molecule has 0 aliphatic carbocycles. The van der Waals surface area contributed by atoms with Crippen molar-refractivity contribution < 1.29 is 19.1 Å². The van der Waals surface area contributed by atoms with Gasteiger partial charge in [0.25, 0.3) is 5.91 Å². The molecule has 1 unspecified atom stereocenters. The van der Waals surface area contributed by atoms with E-state index in [4.69, 9.17) is 25.9 Å². The van der Waals surface area contributed by atoms with Gasteiger partial charge in [-0.15, -0.1) is 0 Å². The van der Waals surface area contributed by atoms with Crippen molar-refractivity contribution in [3.05, 3.63) is 58.6 Å². The second-order valence-corrected chi connectivity index (χ2v) is 6.30. The van der Waals surface area contributed by atoms with Gasteiger partial charge in [0.2, 0.25) is 6.79 Å². The quantitative estimate of drug-likeness (QED) is 0.618. The highest BCUT2D eigenvalue weighted by Gasteiger charge is 2.14. The number of rotatable bonds is 6. The van der Waals surface area contributed by atoms with Gasteiger partial charge in [0.1, 0.15) is 0 Å². The van der Waals surface area contributed by atoms with Crippen molar-refractivity contribution in [1.82, 2.24) is 5.32 Å². The first-order valence-electron chi connectivity index (χ1n) is 8.14. The highest BCUT2D eigenvalue weighted by molar-refractivity contribution is 6.30. The fourth-order valence-electron chi connectivity index (χ4n) is 2.50. The van der Waals surface area contributed by atoms with Crippen LogP contribution in [0.3, 0.4) is 0 Å². The number of carbonyl (C=O) groups excluding carboxylic acids is 1. The highest BCUT2D eigenvalue weighted by atomic mass is 35.5. The van der Waals surface area contributed by atoms with Gasteiger partial charge in [-0.2, -0.15) is 0 Å². The Morgan fingerprint density at radius 2 is 2.08 bits per heavy atom. The molecule has 1 amide bonds. The van der Waals surface area contributed by atoms with Crippen LogP contribution >= 0.6 is 11.6 Å². The van der Waals surface area contributed by atoms with Crippen LogP contribution in [0.4, 0.5) is 0 Å². The Balaban J connectivity index is 1.52. The molecule has 0 radical (unpaired) electrons. The summed E-state index contributed by atoms with van der Waals surface area (Å²) in [5.74, 6) is 1.11. The minimum Gasteiger partial charge on any atom is -0.454 e. The molecular weight excluding hydrogens is 356 g/mol. The second kappa shape index (κ2) is 8.10. The normalized spacial score (nSPS) is 14.0. The molecule has 26 heavy (non-hydrogen) atoms. The van der Waals surface area contributed by atoms with E-state index in [1.54, 1.807) is 13.0 Å². The van der Waals surface area contributed by atoms with Gasteiger partial charge < -0.3 is 19.6 Å². The van der Waals surface area contributed by atoms with Crippen molar-refractivity contribution in [1.29, 1.82) is 0 Å². The van der Waals surface area contributed by atoms with E-state index in [0.29, 0.717) is 22.2 Å². The van der Waals surface area contributed by atoms with Crippen LogP contribution < -0.4 is 14.8 Å². The van der Waals surface area contributed by atoms with Crippen molar-refractivity contribution in [3.63, 3.8) is 0 Å². The molecule has 2 aromatic carbocycles. The van der Waals surface area contributed by atoms with Gasteiger partial charge in [-0.1, -0.05) is 28.9 Å². The third kappa shape index (κ3) is 4.46. The van der Waals surface area contributed by atoms with Crippen LogP contribution in [0.25, 0.3) is 0 Å². The Labute approximate surface area is 156 Å². The summed E-state index contributed by atoms with van der Waals surface area (Å²) in [5.41, 5.74) is 2.40. The summed E-state index contributed by atoms with van der Waals surface area (Å²) in [5, 5.41) is 7.46. The van der Waals surface area contributed by atoms with E-state index in [-0.39, 0.29) is 25.3 Å². The highest BCUT2D eigenvalue weighted by Crippen LogP contribution is 2.32. The first-order chi connectivity index (χ1) is 12.5. The third-order valence-electron chi connectivity index (χ3n) is 3.91. The summed E-state index contributed by atoms with van der Waals surface area (Å²) in [6.07, 6.45) is 0. The first kappa shape index (κ1) is 18.1. The van der Waals surface area contributed by atoms with Crippen molar-refractivity contribution >= 4 is 23.2 Å². The van der Waals surface area contributed by atoms with Crippen LogP contribution in [-0.4, -0.2) is 25.0 Å². The van der Waals surface area contributed by atoms with Crippen LogP contribution in [0, 0.1) is 0 Å². The molecule has 3 rings (SSSR count). The number of ether oxygens (including phenoxy) is 2. The van der Waals surface area contributed by atoms with E-state index < -0.39 is 0 Å². The molecule has 0 spiro atoms. The zero-order valence-corrected chi connectivity index (χ0v) is 15.2. The molecular formula is C19H19ClN2O4. The number of fused-ring (bicyclic) bond motifs is 1.